The van der Waals surface area contributed by atoms with E-state index in [9.17, 15) is 4.79 Å². The van der Waals surface area contributed by atoms with Crippen LogP contribution in [0.15, 0.2) is 35.3 Å². The fourth-order valence-electron chi connectivity index (χ4n) is 2.30. The molecule has 0 saturated heterocycles. The lowest BCUT2D eigenvalue weighted by atomic mass is 10.2. The van der Waals surface area contributed by atoms with Crippen LogP contribution in [0.2, 0.25) is 0 Å². The number of carbonyl (C=O) groups excluding carboxylic acids is 1. The number of nitrogens with one attached hydrogen (secondary N) is 3. The van der Waals surface area contributed by atoms with Crippen LogP contribution in [0.4, 0.5) is 0 Å². The summed E-state index contributed by atoms with van der Waals surface area (Å²) in [6, 6.07) is 9.87. The Bertz CT molecular complexity index is 712. The first-order valence-corrected chi connectivity index (χ1v) is 9.08. The van der Waals surface area contributed by atoms with Gasteiger partial charge >= 0.3 is 0 Å². The normalized spacial score (nSPS) is 11.2. The number of carbonyl (C=O) groups is 1. The highest BCUT2D eigenvalue weighted by atomic mass is 32.1. The second-order valence-corrected chi connectivity index (χ2v) is 6.89. The highest BCUT2D eigenvalue weighted by Crippen LogP contribution is 2.16. The molecule has 0 aliphatic heterocycles. The molecule has 0 aliphatic carbocycles. The highest BCUT2D eigenvalue weighted by Gasteiger charge is 2.06. The molecule has 3 N–H and O–H groups in total. The van der Waals surface area contributed by atoms with Crippen LogP contribution >= 0.6 is 11.3 Å². The van der Waals surface area contributed by atoms with Crippen LogP contribution in [0, 0.1) is 13.8 Å². The van der Waals surface area contributed by atoms with Gasteiger partial charge in [0.15, 0.2) is 5.96 Å². The standard InChI is InChI=1S/C18H25N5OS/c1-13-16(25-14(2)23-13)12-22-18(19-3)20-10-9-17(24)21-11-15-7-5-4-6-8-15/h4-8H,9-12H2,1-3H3,(H,21,24)(H2,19,20,22). The number of nitrogens with zero attached hydrogens (tertiary/aromatic N) is 2. The van der Waals surface area contributed by atoms with Gasteiger partial charge < -0.3 is 16.0 Å². The lowest BCUT2D eigenvalue weighted by Gasteiger charge is -2.11. The summed E-state index contributed by atoms with van der Waals surface area (Å²) in [7, 11) is 1.72. The molecule has 25 heavy (non-hydrogen) atoms. The minimum absolute atomic E-state index is 0.0146. The summed E-state index contributed by atoms with van der Waals surface area (Å²) in [5, 5.41) is 10.4. The summed E-state index contributed by atoms with van der Waals surface area (Å²) in [6.45, 7) is 5.77. The molecular formula is C18H25N5OS. The molecule has 0 unspecified atom stereocenters. The molecule has 1 aromatic carbocycles. The SMILES string of the molecule is CN=C(NCCC(=O)NCc1ccccc1)NCc1sc(C)nc1C. The van der Waals surface area contributed by atoms with Gasteiger partial charge in [-0.2, -0.15) is 0 Å². The van der Waals surface area contributed by atoms with Crippen LogP contribution in [0.25, 0.3) is 0 Å². The minimum Gasteiger partial charge on any atom is -0.356 e. The number of thiazole rings is 1. The average molecular weight is 359 g/mol. The Morgan fingerprint density at radius 3 is 2.52 bits per heavy atom. The van der Waals surface area contributed by atoms with Gasteiger partial charge in [0.05, 0.1) is 17.2 Å². The molecule has 134 valence electrons. The average Bonchev–Trinajstić information content (AvgIpc) is 2.94. The zero-order valence-corrected chi connectivity index (χ0v) is 15.7. The Labute approximate surface area is 152 Å². The molecular weight excluding hydrogens is 334 g/mol. The summed E-state index contributed by atoms with van der Waals surface area (Å²) < 4.78 is 0. The van der Waals surface area contributed by atoms with Crippen molar-refractivity contribution in [3.05, 3.63) is 51.5 Å². The van der Waals surface area contributed by atoms with Crippen molar-refractivity contribution in [3.8, 4) is 0 Å². The molecule has 0 atom stereocenters. The number of guanidine groups is 1. The molecule has 0 aliphatic rings. The van der Waals surface area contributed by atoms with Crippen LogP contribution < -0.4 is 16.0 Å². The van der Waals surface area contributed by atoms with Crippen molar-refractivity contribution in [2.75, 3.05) is 13.6 Å². The zero-order valence-electron chi connectivity index (χ0n) is 14.9. The van der Waals surface area contributed by atoms with E-state index < -0.39 is 0 Å². The van der Waals surface area contributed by atoms with Crippen LogP contribution in [0.1, 0.15) is 27.6 Å². The summed E-state index contributed by atoms with van der Waals surface area (Å²) in [5.74, 6) is 0.696. The number of benzene rings is 1. The molecule has 1 amide bonds. The van der Waals surface area contributed by atoms with Crippen LogP contribution in [0.3, 0.4) is 0 Å². The van der Waals surface area contributed by atoms with Crippen molar-refractivity contribution in [1.82, 2.24) is 20.9 Å². The largest absolute Gasteiger partial charge is 0.356 e. The maximum Gasteiger partial charge on any atom is 0.222 e. The molecule has 7 heteroatoms. The molecule has 2 aromatic rings. The van der Waals surface area contributed by atoms with Crippen molar-refractivity contribution in [3.63, 3.8) is 0 Å². The number of aromatic nitrogens is 1. The van der Waals surface area contributed by atoms with E-state index in [4.69, 9.17) is 0 Å². The lowest BCUT2D eigenvalue weighted by Crippen LogP contribution is -2.38. The van der Waals surface area contributed by atoms with Gasteiger partial charge in [-0.05, 0) is 19.4 Å². The summed E-state index contributed by atoms with van der Waals surface area (Å²) in [4.78, 5) is 21.7. The van der Waals surface area contributed by atoms with E-state index in [1.165, 1.54) is 4.88 Å². The Morgan fingerprint density at radius 2 is 1.88 bits per heavy atom. The van der Waals surface area contributed by atoms with E-state index in [0.717, 1.165) is 16.3 Å². The lowest BCUT2D eigenvalue weighted by molar-refractivity contribution is -0.121. The first kappa shape index (κ1) is 18.9. The van der Waals surface area contributed by atoms with Gasteiger partial charge in [-0.25, -0.2) is 4.98 Å². The molecule has 1 heterocycles. The summed E-state index contributed by atoms with van der Waals surface area (Å²) in [6.07, 6.45) is 0.395. The minimum atomic E-state index is 0.0146. The Balaban J connectivity index is 1.66. The van der Waals surface area contributed by atoms with E-state index in [0.29, 0.717) is 32.0 Å². The van der Waals surface area contributed by atoms with E-state index >= 15 is 0 Å². The smallest absolute Gasteiger partial charge is 0.222 e. The van der Waals surface area contributed by atoms with Crippen LogP contribution in [-0.4, -0.2) is 30.4 Å². The number of aryl methyl sites for hydroxylation is 2. The molecule has 2 rings (SSSR count). The monoisotopic (exact) mass is 359 g/mol. The van der Waals surface area contributed by atoms with Gasteiger partial charge in [-0.3, -0.25) is 9.79 Å². The fraction of sp³-hybridized carbons (Fsp3) is 0.389. The fourth-order valence-corrected chi connectivity index (χ4v) is 3.18. The zero-order chi connectivity index (χ0) is 18.1. The van der Waals surface area contributed by atoms with Gasteiger partial charge in [0.1, 0.15) is 0 Å². The van der Waals surface area contributed by atoms with Crippen LogP contribution in [0.5, 0.6) is 0 Å². The molecule has 6 nitrogen and oxygen atoms in total. The molecule has 0 fully saturated rings. The van der Waals surface area contributed by atoms with E-state index in [1.54, 1.807) is 18.4 Å². The van der Waals surface area contributed by atoms with Crippen molar-refractivity contribution in [1.29, 1.82) is 0 Å². The number of amides is 1. The third-order valence-electron chi connectivity index (χ3n) is 3.62. The topological polar surface area (TPSA) is 78.4 Å². The van der Waals surface area contributed by atoms with Gasteiger partial charge in [0, 0.05) is 31.4 Å². The molecule has 0 saturated carbocycles. The van der Waals surface area contributed by atoms with Gasteiger partial charge in [0.2, 0.25) is 5.91 Å². The second-order valence-electron chi connectivity index (χ2n) is 5.61. The molecule has 0 spiro atoms. The summed E-state index contributed by atoms with van der Waals surface area (Å²) in [5.41, 5.74) is 2.14. The number of hydrogen-bond donors (Lipinski definition) is 3. The van der Waals surface area contributed by atoms with E-state index in [2.05, 4.69) is 25.9 Å². The van der Waals surface area contributed by atoms with Crippen LogP contribution in [-0.2, 0) is 17.9 Å². The van der Waals surface area contributed by atoms with E-state index in [1.807, 2.05) is 44.2 Å². The number of rotatable bonds is 7. The first-order valence-electron chi connectivity index (χ1n) is 8.26. The Morgan fingerprint density at radius 1 is 1.12 bits per heavy atom. The first-order chi connectivity index (χ1) is 12.1. The number of aliphatic imine (C=N–C) groups is 1. The predicted octanol–water partition coefficient (Wildman–Crippen LogP) is 2.13. The van der Waals surface area contributed by atoms with Crippen molar-refractivity contribution >= 4 is 23.2 Å². The quantitative estimate of drug-likeness (QED) is 0.523. The highest BCUT2D eigenvalue weighted by molar-refractivity contribution is 7.11. The summed E-state index contributed by atoms with van der Waals surface area (Å²) >= 11 is 1.68. The van der Waals surface area contributed by atoms with Crippen molar-refractivity contribution in [2.24, 2.45) is 4.99 Å². The van der Waals surface area contributed by atoms with Gasteiger partial charge in [0.25, 0.3) is 0 Å². The van der Waals surface area contributed by atoms with E-state index in [-0.39, 0.29) is 5.91 Å². The second kappa shape index (κ2) is 9.78. The van der Waals surface area contributed by atoms with Crippen molar-refractivity contribution < 1.29 is 4.79 Å². The Kier molecular flexibility index (Phi) is 7.40. The van der Waals surface area contributed by atoms with Gasteiger partial charge in [-0.15, -0.1) is 11.3 Å². The molecule has 0 radical (unpaired) electrons. The molecule has 0 bridgehead atoms. The number of hydrogen-bond acceptors (Lipinski definition) is 4. The third kappa shape index (κ3) is 6.54. The maximum absolute atomic E-state index is 11.9. The molecule has 1 aromatic heterocycles. The maximum atomic E-state index is 11.9. The third-order valence-corrected chi connectivity index (χ3v) is 4.69. The van der Waals surface area contributed by atoms with Crippen molar-refractivity contribution in [2.45, 2.75) is 33.4 Å². The Hall–Kier alpha value is -2.41. The van der Waals surface area contributed by atoms with Gasteiger partial charge in [-0.1, -0.05) is 30.3 Å². The predicted molar refractivity (Wildman–Crippen MR) is 103 cm³/mol.